The SMILES string of the molecule is CCCNC(=NCC(=O)N(C)C)N(C)CC1CCCN1CC.I. The average Bonchev–Trinajstić information content (AvgIpc) is 2.93. The van der Waals surface area contributed by atoms with Crippen LogP contribution >= 0.6 is 24.0 Å². The minimum Gasteiger partial charge on any atom is -0.356 e. The summed E-state index contributed by atoms with van der Waals surface area (Å²) in [5.74, 6) is 0.861. The van der Waals surface area contributed by atoms with Crippen molar-refractivity contribution in [3.8, 4) is 0 Å². The summed E-state index contributed by atoms with van der Waals surface area (Å²) < 4.78 is 0. The fraction of sp³-hybridized carbons (Fsp3) is 0.875. The summed E-state index contributed by atoms with van der Waals surface area (Å²) in [6.45, 7) is 8.69. The molecule has 1 N–H and O–H groups in total. The van der Waals surface area contributed by atoms with Crippen LogP contribution in [0.4, 0.5) is 0 Å². The molecule has 0 aromatic rings. The van der Waals surface area contributed by atoms with Crippen LogP contribution in [0.5, 0.6) is 0 Å². The number of aliphatic imine (C=N–C) groups is 1. The Morgan fingerprint density at radius 2 is 2.00 bits per heavy atom. The van der Waals surface area contributed by atoms with Crippen molar-refractivity contribution in [3.63, 3.8) is 0 Å². The molecule has 0 spiro atoms. The summed E-state index contributed by atoms with van der Waals surface area (Å²) in [4.78, 5) is 22.5. The Morgan fingerprint density at radius 3 is 2.57 bits per heavy atom. The van der Waals surface area contributed by atoms with Crippen LogP contribution in [0.3, 0.4) is 0 Å². The van der Waals surface area contributed by atoms with Gasteiger partial charge in [-0.2, -0.15) is 0 Å². The van der Waals surface area contributed by atoms with Gasteiger partial charge in [0.25, 0.3) is 0 Å². The Labute approximate surface area is 158 Å². The van der Waals surface area contributed by atoms with E-state index >= 15 is 0 Å². The van der Waals surface area contributed by atoms with E-state index in [2.05, 4.69) is 41.0 Å². The largest absolute Gasteiger partial charge is 0.356 e. The van der Waals surface area contributed by atoms with E-state index in [-0.39, 0.29) is 36.4 Å². The molecule has 0 radical (unpaired) electrons. The lowest BCUT2D eigenvalue weighted by atomic mass is 10.2. The highest BCUT2D eigenvalue weighted by Crippen LogP contribution is 2.17. The molecule has 1 fully saturated rings. The molecule has 1 aliphatic heterocycles. The molecule has 1 atom stereocenters. The van der Waals surface area contributed by atoms with E-state index in [0.29, 0.717) is 6.04 Å². The van der Waals surface area contributed by atoms with E-state index in [1.54, 1.807) is 19.0 Å². The van der Waals surface area contributed by atoms with Crippen LogP contribution in [0.25, 0.3) is 0 Å². The van der Waals surface area contributed by atoms with E-state index in [9.17, 15) is 4.79 Å². The predicted molar refractivity (Wildman–Crippen MR) is 108 cm³/mol. The van der Waals surface area contributed by atoms with Crippen molar-refractivity contribution in [3.05, 3.63) is 0 Å². The highest BCUT2D eigenvalue weighted by atomic mass is 127. The van der Waals surface area contributed by atoms with E-state index < -0.39 is 0 Å². The molecule has 1 heterocycles. The standard InChI is InChI=1S/C16H33N5O.HI/c1-6-10-17-16(18-12-15(22)19(3)4)20(5)13-14-9-8-11-21(14)7-2;/h14H,6-13H2,1-5H3,(H,17,18);1H. The number of likely N-dealkylation sites (N-methyl/N-ethyl adjacent to an activating group) is 3. The first kappa shape index (κ1) is 22.4. The van der Waals surface area contributed by atoms with Crippen LogP contribution in [0.15, 0.2) is 4.99 Å². The fourth-order valence-electron chi connectivity index (χ4n) is 2.75. The topological polar surface area (TPSA) is 51.2 Å². The van der Waals surface area contributed by atoms with Gasteiger partial charge in [0.15, 0.2) is 5.96 Å². The maximum Gasteiger partial charge on any atom is 0.243 e. The normalized spacial score (nSPS) is 18.5. The van der Waals surface area contributed by atoms with Gasteiger partial charge in [-0.15, -0.1) is 24.0 Å². The maximum atomic E-state index is 11.8. The number of rotatable bonds is 7. The van der Waals surface area contributed by atoms with Crippen LogP contribution in [-0.4, -0.2) is 86.5 Å². The molecule has 1 amide bonds. The summed E-state index contributed by atoms with van der Waals surface area (Å²) in [5, 5.41) is 3.36. The van der Waals surface area contributed by atoms with E-state index in [4.69, 9.17) is 0 Å². The minimum atomic E-state index is 0. The molecule has 1 rings (SSSR count). The predicted octanol–water partition coefficient (Wildman–Crippen LogP) is 1.46. The summed E-state index contributed by atoms with van der Waals surface area (Å²) in [6.07, 6.45) is 3.56. The lowest BCUT2D eigenvalue weighted by molar-refractivity contribution is -0.127. The van der Waals surface area contributed by atoms with Gasteiger partial charge in [-0.25, -0.2) is 4.99 Å². The zero-order valence-electron chi connectivity index (χ0n) is 15.3. The Hall–Kier alpha value is -0.570. The second-order valence-electron chi connectivity index (χ2n) is 6.16. The van der Waals surface area contributed by atoms with Crippen LogP contribution in [0.2, 0.25) is 0 Å². The summed E-state index contributed by atoms with van der Waals surface area (Å²) in [5.41, 5.74) is 0. The maximum absolute atomic E-state index is 11.8. The molecular formula is C16H34IN5O. The number of carbonyl (C=O) groups is 1. The molecule has 136 valence electrons. The second-order valence-corrected chi connectivity index (χ2v) is 6.16. The van der Waals surface area contributed by atoms with E-state index in [1.165, 1.54) is 19.4 Å². The fourth-order valence-corrected chi connectivity index (χ4v) is 2.75. The zero-order valence-corrected chi connectivity index (χ0v) is 17.7. The third-order valence-electron chi connectivity index (χ3n) is 4.15. The Kier molecular flexibility index (Phi) is 11.6. The average molecular weight is 439 g/mol. The van der Waals surface area contributed by atoms with Gasteiger partial charge in [0.2, 0.25) is 5.91 Å². The van der Waals surface area contributed by atoms with Gasteiger partial charge >= 0.3 is 0 Å². The van der Waals surface area contributed by atoms with Crippen LogP contribution in [-0.2, 0) is 4.79 Å². The van der Waals surface area contributed by atoms with Crippen molar-refractivity contribution < 1.29 is 4.79 Å². The lowest BCUT2D eigenvalue weighted by Crippen LogP contribution is -2.46. The van der Waals surface area contributed by atoms with Gasteiger partial charge < -0.3 is 15.1 Å². The molecule has 0 aromatic carbocycles. The number of nitrogens with zero attached hydrogens (tertiary/aromatic N) is 4. The first-order valence-corrected chi connectivity index (χ1v) is 8.43. The van der Waals surface area contributed by atoms with Crippen LogP contribution < -0.4 is 5.32 Å². The number of hydrogen-bond acceptors (Lipinski definition) is 3. The number of carbonyl (C=O) groups excluding carboxylic acids is 1. The third kappa shape index (κ3) is 7.69. The minimum absolute atomic E-state index is 0. The van der Waals surface area contributed by atoms with Crippen molar-refractivity contribution >= 4 is 35.8 Å². The van der Waals surface area contributed by atoms with Gasteiger partial charge in [0.1, 0.15) is 6.54 Å². The van der Waals surface area contributed by atoms with Crippen molar-refractivity contribution in [2.75, 3.05) is 53.9 Å². The molecule has 1 aliphatic rings. The molecule has 0 aliphatic carbocycles. The third-order valence-corrected chi connectivity index (χ3v) is 4.15. The second kappa shape index (κ2) is 11.9. The van der Waals surface area contributed by atoms with Gasteiger partial charge in [-0.1, -0.05) is 13.8 Å². The zero-order chi connectivity index (χ0) is 16.5. The molecule has 1 saturated heterocycles. The lowest BCUT2D eigenvalue weighted by Gasteiger charge is -2.30. The first-order valence-electron chi connectivity index (χ1n) is 8.43. The Balaban J connectivity index is 0.00000484. The van der Waals surface area contributed by atoms with Crippen molar-refractivity contribution in [1.82, 2.24) is 20.0 Å². The van der Waals surface area contributed by atoms with E-state index in [0.717, 1.165) is 32.0 Å². The molecule has 1 unspecified atom stereocenters. The molecular weight excluding hydrogens is 405 g/mol. The van der Waals surface area contributed by atoms with Crippen molar-refractivity contribution in [2.45, 2.75) is 39.2 Å². The Morgan fingerprint density at radius 1 is 1.30 bits per heavy atom. The number of likely N-dealkylation sites (tertiary alicyclic amines) is 1. The molecule has 0 saturated carbocycles. The number of hydrogen-bond donors (Lipinski definition) is 1. The van der Waals surface area contributed by atoms with Crippen LogP contribution in [0, 0.1) is 0 Å². The number of amides is 1. The monoisotopic (exact) mass is 439 g/mol. The quantitative estimate of drug-likeness (QED) is 0.371. The first-order chi connectivity index (χ1) is 10.5. The molecule has 23 heavy (non-hydrogen) atoms. The van der Waals surface area contributed by atoms with Gasteiger partial charge in [0.05, 0.1) is 0 Å². The van der Waals surface area contributed by atoms with E-state index in [1.807, 2.05) is 0 Å². The number of nitrogens with one attached hydrogen (secondary N) is 1. The van der Waals surface area contributed by atoms with Gasteiger partial charge in [-0.05, 0) is 32.4 Å². The smallest absolute Gasteiger partial charge is 0.243 e. The molecule has 7 heteroatoms. The molecule has 0 bridgehead atoms. The summed E-state index contributed by atoms with van der Waals surface area (Å²) in [7, 11) is 5.59. The van der Waals surface area contributed by atoms with Crippen LogP contribution in [0.1, 0.15) is 33.1 Å². The molecule has 0 aromatic heterocycles. The summed E-state index contributed by atoms with van der Waals surface area (Å²) >= 11 is 0. The number of guanidine groups is 1. The Bertz CT molecular complexity index is 375. The molecule has 6 nitrogen and oxygen atoms in total. The van der Waals surface area contributed by atoms with Gasteiger partial charge in [-0.3, -0.25) is 9.69 Å². The number of halogens is 1. The van der Waals surface area contributed by atoms with Gasteiger partial charge in [0, 0.05) is 40.3 Å². The van der Waals surface area contributed by atoms with Crippen molar-refractivity contribution in [1.29, 1.82) is 0 Å². The summed E-state index contributed by atoms with van der Waals surface area (Å²) in [6, 6.07) is 0.591. The highest BCUT2D eigenvalue weighted by molar-refractivity contribution is 14.0. The highest BCUT2D eigenvalue weighted by Gasteiger charge is 2.25. The van der Waals surface area contributed by atoms with Crippen molar-refractivity contribution in [2.24, 2.45) is 4.99 Å².